The largest absolute Gasteiger partial charge is 0.503 e. The summed E-state index contributed by atoms with van der Waals surface area (Å²) >= 11 is 2.62. The van der Waals surface area contributed by atoms with E-state index < -0.39 is 29.5 Å². The van der Waals surface area contributed by atoms with E-state index in [1.807, 2.05) is 61.7 Å². The number of Topliss-reactive ketones (excluding diaryl/α,β-unsaturated/α-hetero) is 1. The second-order valence-electron chi connectivity index (χ2n) is 9.52. The quantitative estimate of drug-likeness (QED) is 0.189. The smallest absolute Gasteiger partial charge is 0.338 e. The van der Waals surface area contributed by atoms with Gasteiger partial charge in [0.2, 0.25) is 5.78 Å². The molecule has 7 nitrogen and oxygen atoms in total. The van der Waals surface area contributed by atoms with Crippen LogP contribution in [0.3, 0.4) is 0 Å². The van der Waals surface area contributed by atoms with Crippen molar-refractivity contribution in [2.75, 3.05) is 11.5 Å². The number of aryl methyl sites for hydroxylation is 1. The molecule has 0 radical (unpaired) electrons. The Labute approximate surface area is 234 Å². The van der Waals surface area contributed by atoms with Crippen molar-refractivity contribution in [3.8, 4) is 10.6 Å². The maximum Gasteiger partial charge on any atom is 0.338 e. The highest BCUT2D eigenvalue weighted by Crippen LogP contribution is 2.44. The van der Waals surface area contributed by atoms with E-state index in [0.29, 0.717) is 33.4 Å². The van der Waals surface area contributed by atoms with Crippen LogP contribution >= 0.6 is 22.7 Å². The summed E-state index contributed by atoms with van der Waals surface area (Å²) in [7, 11) is 0. The van der Waals surface area contributed by atoms with Gasteiger partial charge in [0.15, 0.2) is 5.76 Å². The zero-order valence-corrected chi connectivity index (χ0v) is 23.2. The molecule has 0 saturated heterocycles. The Hall–Kier alpha value is -4.08. The minimum atomic E-state index is -0.828. The van der Waals surface area contributed by atoms with Crippen LogP contribution in [-0.2, 0) is 9.53 Å². The Kier molecular flexibility index (Phi) is 7.45. The van der Waals surface area contributed by atoms with Crippen LogP contribution in [0, 0.1) is 12.8 Å². The number of amides is 1. The molecule has 1 aliphatic rings. The standard InChI is InChI=1S/C30H26N2O5S2/c1-17(2)16-37-30(36)20-11-13-21(14-12-20)32-24(22-10-7-15-38-22)23(26(34)29(32)35)25(33)27-18(3)31-28(39-27)19-8-5-4-6-9-19/h4-15,17,24,34H,16H2,1-3H3. The number of anilines is 1. The van der Waals surface area contributed by atoms with E-state index in [4.69, 9.17) is 4.74 Å². The minimum absolute atomic E-state index is 0.00855. The van der Waals surface area contributed by atoms with Crippen LogP contribution in [0.2, 0.25) is 0 Å². The third-order valence-electron chi connectivity index (χ3n) is 6.22. The van der Waals surface area contributed by atoms with Gasteiger partial charge in [-0.1, -0.05) is 50.2 Å². The van der Waals surface area contributed by atoms with Gasteiger partial charge in [0, 0.05) is 16.1 Å². The number of benzene rings is 2. The number of thiazole rings is 1. The summed E-state index contributed by atoms with van der Waals surface area (Å²) in [4.78, 5) is 46.8. The lowest BCUT2D eigenvalue weighted by molar-refractivity contribution is -0.117. The highest BCUT2D eigenvalue weighted by Gasteiger charge is 2.45. The maximum atomic E-state index is 13.9. The van der Waals surface area contributed by atoms with E-state index in [1.165, 1.54) is 27.6 Å². The number of ketones is 1. The third kappa shape index (κ3) is 5.15. The number of thiophene rings is 1. The third-order valence-corrected chi connectivity index (χ3v) is 8.35. The number of carbonyl (C=O) groups excluding carboxylic acids is 3. The lowest BCUT2D eigenvalue weighted by Crippen LogP contribution is -2.30. The van der Waals surface area contributed by atoms with Gasteiger partial charge >= 0.3 is 5.97 Å². The second kappa shape index (κ2) is 11.0. The summed E-state index contributed by atoms with van der Waals surface area (Å²) in [6.07, 6.45) is 0. The average molecular weight is 559 g/mol. The summed E-state index contributed by atoms with van der Waals surface area (Å²) < 4.78 is 5.30. The molecule has 0 bridgehead atoms. The summed E-state index contributed by atoms with van der Waals surface area (Å²) in [6, 6.07) is 18.8. The molecule has 1 atom stereocenters. The number of aliphatic hydroxyl groups excluding tert-OH is 1. The summed E-state index contributed by atoms with van der Waals surface area (Å²) in [5, 5.41) is 13.6. The van der Waals surface area contributed by atoms with E-state index in [0.717, 1.165) is 10.4 Å². The zero-order valence-electron chi connectivity index (χ0n) is 21.6. The van der Waals surface area contributed by atoms with Crippen LogP contribution in [0.15, 0.2) is 83.4 Å². The topological polar surface area (TPSA) is 96.8 Å². The van der Waals surface area contributed by atoms with E-state index in [-0.39, 0.29) is 11.5 Å². The molecular formula is C30H26N2O5S2. The molecule has 2 aromatic heterocycles. The average Bonchev–Trinajstić information content (AvgIpc) is 3.66. The molecule has 39 heavy (non-hydrogen) atoms. The number of ether oxygens (including phenoxy) is 1. The molecule has 1 amide bonds. The normalized spacial score (nSPS) is 15.3. The molecule has 1 N–H and O–H groups in total. The van der Waals surface area contributed by atoms with Gasteiger partial charge in [-0.3, -0.25) is 14.5 Å². The Morgan fingerprint density at radius 1 is 1.05 bits per heavy atom. The molecule has 5 rings (SSSR count). The van der Waals surface area contributed by atoms with Gasteiger partial charge in [-0.05, 0) is 48.6 Å². The van der Waals surface area contributed by atoms with Crippen molar-refractivity contribution in [2.45, 2.75) is 26.8 Å². The van der Waals surface area contributed by atoms with E-state index >= 15 is 0 Å². The molecule has 1 unspecified atom stereocenters. The van der Waals surface area contributed by atoms with Crippen molar-refractivity contribution in [1.29, 1.82) is 0 Å². The first-order valence-electron chi connectivity index (χ1n) is 12.4. The van der Waals surface area contributed by atoms with Crippen molar-refractivity contribution in [1.82, 2.24) is 4.98 Å². The molecule has 1 aliphatic heterocycles. The fourth-order valence-corrected chi connectivity index (χ4v) is 6.19. The van der Waals surface area contributed by atoms with Gasteiger partial charge in [-0.25, -0.2) is 9.78 Å². The van der Waals surface area contributed by atoms with Gasteiger partial charge in [-0.2, -0.15) is 0 Å². The first-order valence-corrected chi connectivity index (χ1v) is 14.1. The Morgan fingerprint density at radius 3 is 2.41 bits per heavy atom. The first kappa shape index (κ1) is 26.5. The molecule has 3 heterocycles. The summed E-state index contributed by atoms with van der Waals surface area (Å²) in [6.45, 7) is 5.96. The van der Waals surface area contributed by atoms with Gasteiger partial charge < -0.3 is 9.84 Å². The molecular weight excluding hydrogens is 532 g/mol. The Bertz CT molecular complexity index is 1550. The van der Waals surface area contributed by atoms with Crippen LogP contribution in [0.5, 0.6) is 0 Å². The zero-order chi connectivity index (χ0) is 27.7. The number of aliphatic hydroxyl groups is 1. The molecule has 0 fully saturated rings. The Balaban J connectivity index is 1.50. The molecule has 0 aliphatic carbocycles. The van der Waals surface area contributed by atoms with E-state index in [1.54, 1.807) is 31.2 Å². The number of hydrogen-bond donors (Lipinski definition) is 1. The van der Waals surface area contributed by atoms with Crippen molar-refractivity contribution in [2.24, 2.45) is 5.92 Å². The van der Waals surface area contributed by atoms with Crippen LogP contribution < -0.4 is 4.90 Å². The number of rotatable bonds is 8. The van der Waals surface area contributed by atoms with Crippen LogP contribution in [0.4, 0.5) is 5.69 Å². The Morgan fingerprint density at radius 2 is 1.77 bits per heavy atom. The van der Waals surface area contributed by atoms with Crippen LogP contribution in [0.25, 0.3) is 10.6 Å². The molecule has 0 saturated carbocycles. The van der Waals surface area contributed by atoms with E-state index in [2.05, 4.69) is 4.98 Å². The van der Waals surface area contributed by atoms with Crippen molar-refractivity contribution in [3.05, 3.63) is 104 Å². The fraction of sp³-hybridized carbons (Fsp3) is 0.200. The van der Waals surface area contributed by atoms with Gasteiger partial charge in [0.1, 0.15) is 11.0 Å². The number of carbonyl (C=O) groups is 3. The van der Waals surface area contributed by atoms with E-state index in [9.17, 15) is 19.5 Å². The summed E-state index contributed by atoms with van der Waals surface area (Å²) in [5.41, 5.74) is 2.22. The SMILES string of the molecule is Cc1nc(-c2ccccc2)sc1C(=O)C1=C(O)C(=O)N(c2ccc(C(=O)OCC(C)C)cc2)C1c1cccs1. The van der Waals surface area contributed by atoms with Crippen LogP contribution in [-0.4, -0.2) is 34.4 Å². The number of nitrogens with zero attached hydrogens (tertiary/aromatic N) is 2. The molecule has 0 spiro atoms. The minimum Gasteiger partial charge on any atom is -0.503 e. The molecule has 198 valence electrons. The number of esters is 1. The van der Waals surface area contributed by atoms with Crippen molar-refractivity contribution >= 4 is 46.0 Å². The van der Waals surface area contributed by atoms with Crippen molar-refractivity contribution < 1.29 is 24.2 Å². The number of aromatic nitrogens is 1. The van der Waals surface area contributed by atoms with Gasteiger partial charge in [0.25, 0.3) is 5.91 Å². The monoisotopic (exact) mass is 558 g/mol. The molecule has 4 aromatic rings. The highest BCUT2D eigenvalue weighted by molar-refractivity contribution is 7.17. The predicted octanol–water partition coefficient (Wildman–Crippen LogP) is 6.78. The lowest BCUT2D eigenvalue weighted by atomic mass is 10.00. The number of hydrogen-bond acceptors (Lipinski definition) is 8. The van der Waals surface area contributed by atoms with Crippen LogP contribution in [0.1, 0.15) is 50.5 Å². The first-order chi connectivity index (χ1) is 18.8. The van der Waals surface area contributed by atoms with Gasteiger partial charge in [0.05, 0.1) is 28.3 Å². The lowest BCUT2D eigenvalue weighted by Gasteiger charge is -2.25. The second-order valence-corrected chi connectivity index (χ2v) is 11.5. The highest BCUT2D eigenvalue weighted by atomic mass is 32.1. The van der Waals surface area contributed by atoms with Crippen molar-refractivity contribution in [3.63, 3.8) is 0 Å². The maximum absolute atomic E-state index is 13.9. The van der Waals surface area contributed by atoms with Gasteiger partial charge in [-0.15, -0.1) is 22.7 Å². The summed E-state index contributed by atoms with van der Waals surface area (Å²) in [5.74, 6) is -1.96. The predicted molar refractivity (Wildman–Crippen MR) is 152 cm³/mol. The molecule has 2 aromatic carbocycles. The fourth-order valence-electron chi connectivity index (χ4n) is 4.34. The molecule has 9 heteroatoms.